The molecule has 0 spiro atoms. The van der Waals surface area contributed by atoms with E-state index in [1.54, 1.807) is 26.0 Å². The fraction of sp³-hybridized carbons (Fsp3) is 0.263. The van der Waals surface area contributed by atoms with Gasteiger partial charge in [0.15, 0.2) is 0 Å². The average Bonchev–Trinajstić information content (AvgIpc) is 2.61. The first-order valence-electron chi connectivity index (χ1n) is 8.00. The van der Waals surface area contributed by atoms with E-state index in [2.05, 4.69) is 4.98 Å². The third-order valence-corrected chi connectivity index (χ3v) is 3.47. The van der Waals surface area contributed by atoms with Crippen molar-refractivity contribution in [1.29, 1.82) is 5.26 Å². The minimum Gasteiger partial charge on any atom is -0.487 e. The number of carbonyl (C=O) groups excluding carboxylic acids is 1. The highest BCUT2D eigenvalue weighted by Gasteiger charge is 2.17. The molecule has 26 heavy (non-hydrogen) atoms. The molecule has 0 aliphatic carbocycles. The van der Waals surface area contributed by atoms with E-state index in [0.29, 0.717) is 11.4 Å². The van der Waals surface area contributed by atoms with Crippen molar-refractivity contribution >= 4 is 5.97 Å². The van der Waals surface area contributed by atoms with Crippen molar-refractivity contribution in [3.05, 3.63) is 63.9 Å². The summed E-state index contributed by atoms with van der Waals surface area (Å²) in [5, 5.41) is 8.69. The van der Waals surface area contributed by atoms with Crippen LogP contribution < -0.4 is 10.3 Å². The Morgan fingerprint density at radius 2 is 2.19 bits per heavy atom. The highest BCUT2D eigenvalue weighted by atomic mass is 16.5. The Kier molecular flexibility index (Phi) is 6.28. The molecule has 2 aromatic rings. The molecule has 0 N–H and O–H groups in total. The SMILES string of the molecule is CCOC(=O)c1cncn(-c2ccc(C)cc2OC/C(C)=C/C#N)c1=O. The molecule has 0 aliphatic heterocycles. The van der Waals surface area contributed by atoms with Gasteiger partial charge in [-0.15, -0.1) is 0 Å². The molecule has 1 aromatic heterocycles. The minimum atomic E-state index is -0.721. The molecular formula is C19H19N3O4. The summed E-state index contributed by atoms with van der Waals surface area (Å²) in [6.07, 6.45) is 3.90. The molecule has 0 radical (unpaired) electrons. The maximum absolute atomic E-state index is 12.7. The zero-order valence-electron chi connectivity index (χ0n) is 14.9. The molecule has 7 heteroatoms. The van der Waals surface area contributed by atoms with Gasteiger partial charge < -0.3 is 9.47 Å². The molecule has 0 aliphatic rings. The molecule has 0 amide bonds. The summed E-state index contributed by atoms with van der Waals surface area (Å²) < 4.78 is 11.9. The topological polar surface area (TPSA) is 94.2 Å². The van der Waals surface area contributed by atoms with Crippen LogP contribution in [-0.4, -0.2) is 28.7 Å². The van der Waals surface area contributed by atoms with Gasteiger partial charge in [0.05, 0.1) is 18.4 Å². The smallest absolute Gasteiger partial charge is 0.345 e. The highest BCUT2D eigenvalue weighted by molar-refractivity contribution is 5.88. The lowest BCUT2D eigenvalue weighted by Gasteiger charge is -2.14. The number of ether oxygens (including phenoxy) is 2. The monoisotopic (exact) mass is 353 g/mol. The third kappa shape index (κ3) is 4.36. The average molecular weight is 353 g/mol. The second kappa shape index (κ2) is 8.62. The Morgan fingerprint density at radius 3 is 2.88 bits per heavy atom. The molecule has 7 nitrogen and oxygen atoms in total. The number of nitrogens with zero attached hydrogens (tertiary/aromatic N) is 3. The molecule has 2 rings (SSSR count). The molecule has 0 atom stereocenters. The Labute approximate surface area is 151 Å². The number of carbonyl (C=O) groups is 1. The van der Waals surface area contributed by atoms with Crippen LogP contribution >= 0.6 is 0 Å². The van der Waals surface area contributed by atoms with E-state index in [1.807, 2.05) is 19.1 Å². The zero-order chi connectivity index (χ0) is 19.1. The van der Waals surface area contributed by atoms with E-state index in [4.69, 9.17) is 14.7 Å². The molecule has 0 saturated heterocycles. The van der Waals surface area contributed by atoms with Gasteiger partial charge in [-0.25, -0.2) is 9.78 Å². The van der Waals surface area contributed by atoms with Gasteiger partial charge in [-0.1, -0.05) is 6.07 Å². The molecular weight excluding hydrogens is 334 g/mol. The quantitative estimate of drug-likeness (QED) is 0.585. The van der Waals surface area contributed by atoms with Gasteiger partial charge in [0.1, 0.15) is 24.2 Å². The standard InChI is InChI=1S/C19H19N3O4/c1-4-25-19(24)15-10-21-12-22(18(15)23)16-6-5-13(2)9-17(16)26-11-14(3)7-8-20/h5-7,9-10,12H,4,11H2,1-3H3/b14-7+. The first-order chi connectivity index (χ1) is 12.5. The van der Waals surface area contributed by atoms with E-state index in [1.165, 1.54) is 23.2 Å². The van der Waals surface area contributed by atoms with Crippen LogP contribution in [0, 0.1) is 18.3 Å². The number of nitriles is 1. The second-order valence-corrected chi connectivity index (χ2v) is 5.58. The first kappa shape index (κ1) is 18.9. The van der Waals surface area contributed by atoms with Gasteiger partial charge in [0, 0.05) is 12.3 Å². The highest BCUT2D eigenvalue weighted by Crippen LogP contribution is 2.24. The molecule has 0 bridgehead atoms. The van der Waals surface area contributed by atoms with Crippen LogP contribution in [0.25, 0.3) is 5.69 Å². The number of esters is 1. The largest absolute Gasteiger partial charge is 0.487 e. The van der Waals surface area contributed by atoms with Crippen LogP contribution in [0.3, 0.4) is 0 Å². The summed E-state index contributed by atoms with van der Waals surface area (Å²) in [6, 6.07) is 7.26. The van der Waals surface area contributed by atoms with Gasteiger partial charge in [0.2, 0.25) is 0 Å². The van der Waals surface area contributed by atoms with Crippen molar-refractivity contribution < 1.29 is 14.3 Å². The Balaban J connectivity index is 2.48. The van der Waals surface area contributed by atoms with Gasteiger partial charge in [-0.2, -0.15) is 5.26 Å². The van der Waals surface area contributed by atoms with Crippen molar-refractivity contribution in [3.8, 4) is 17.5 Å². The van der Waals surface area contributed by atoms with Crippen molar-refractivity contribution in [3.63, 3.8) is 0 Å². The van der Waals surface area contributed by atoms with Crippen LogP contribution in [0.4, 0.5) is 0 Å². The van der Waals surface area contributed by atoms with Crippen LogP contribution in [0.15, 0.2) is 47.2 Å². The van der Waals surface area contributed by atoms with Crippen molar-refractivity contribution in [2.24, 2.45) is 0 Å². The lowest BCUT2D eigenvalue weighted by molar-refractivity contribution is 0.0523. The Hall–Kier alpha value is -3.40. The lowest BCUT2D eigenvalue weighted by Crippen LogP contribution is -2.27. The number of benzene rings is 1. The molecule has 1 heterocycles. The summed E-state index contributed by atoms with van der Waals surface area (Å²) in [5.74, 6) is -0.276. The molecule has 0 unspecified atom stereocenters. The first-order valence-corrected chi connectivity index (χ1v) is 8.00. The van der Waals surface area contributed by atoms with Crippen LogP contribution in [0.1, 0.15) is 29.8 Å². The van der Waals surface area contributed by atoms with E-state index < -0.39 is 11.5 Å². The number of aryl methyl sites for hydroxylation is 1. The van der Waals surface area contributed by atoms with Crippen LogP contribution in [-0.2, 0) is 4.74 Å². The van der Waals surface area contributed by atoms with Gasteiger partial charge >= 0.3 is 5.97 Å². The number of hydrogen-bond donors (Lipinski definition) is 0. The van der Waals surface area contributed by atoms with Crippen molar-refractivity contribution in [2.75, 3.05) is 13.2 Å². The second-order valence-electron chi connectivity index (χ2n) is 5.58. The maximum atomic E-state index is 12.7. The molecule has 0 fully saturated rings. The van der Waals surface area contributed by atoms with Gasteiger partial charge in [0.25, 0.3) is 5.56 Å². The fourth-order valence-corrected chi connectivity index (χ4v) is 2.21. The predicted molar refractivity (Wildman–Crippen MR) is 95.4 cm³/mol. The van der Waals surface area contributed by atoms with Gasteiger partial charge in [-0.05, 0) is 44.0 Å². The lowest BCUT2D eigenvalue weighted by atomic mass is 10.2. The number of rotatable bonds is 6. The predicted octanol–water partition coefficient (Wildman–Crippen LogP) is 2.57. The van der Waals surface area contributed by atoms with E-state index in [9.17, 15) is 9.59 Å². The molecule has 134 valence electrons. The van der Waals surface area contributed by atoms with E-state index in [0.717, 1.165) is 11.1 Å². The third-order valence-electron chi connectivity index (χ3n) is 3.47. The summed E-state index contributed by atoms with van der Waals surface area (Å²) in [5.41, 5.74) is 1.43. The Morgan fingerprint density at radius 1 is 1.42 bits per heavy atom. The summed E-state index contributed by atoms with van der Waals surface area (Å²) >= 11 is 0. The maximum Gasteiger partial charge on any atom is 0.345 e. The fourth-order valence-electron chi connectivity index (χ4n) is 2.21. The summed E-state index contributed by atoms with van der Waals surface area (Å²) in [7, 11) is 0. The number of aromatic nitrogens is 2. The van der Waals surface area contributed by atoms with Crippen LogP contribution in [0.5, 0.6) is 5.75 Å². The van der Waals surface area contributed by atoms with Gasteiger partial charge in [-0.3, -0.25) is 9.36 Å². The van der Waals surface area contributed by atoms with Crippen LogP contribution in [0.2, 0.25) is 0 Å². The zero-order valence-corrected chi connectivity index (χ0v) is 14.9. The van der Waals surface area contributed by atoms with Crippen molar-refractivity contribution in [2.45, 2.75) is 20.8 Å². The number of hydrogen-bond acceptors (Lipinski definition) is 6. The normalized spacial score (nSPS) is 10.9. The summed E-state index contributed by atoms with van der Waals surface area (Å²) in [6.45, 7) is 5.69. The summed E-state index contributed by atoms with van der Waals surface area (Å²) in [4.78, 5) is 28.6. The number of allylic oxidation sites excluding steroid dienone is 1. The van der Waals surface area contributed by atoms with E-state index >= 15 is 0 Å². The van der Waals surface area contributed by atoms with E-state index in [-0.39, 0.29) is 18.8 Å². The molecule has 0 saturated carbocycles. The molecule has 1 aromatic carbocycles. The minimum absolute atomic E-state index is 0.151. The Bertz CT molecular complexity index is 939. The van der Waals surface area contributed by atoms with Crippen molar-refractivity contribution in [1.82, 2.24) is 9.55 Å².